The number of anilines is 2. The summed E-state index contributed by atoms with van der Waals surface area (Å²) in [5, 5.41) is 2.12. The zero-order chi connectivity index (χ0) is 61.8. The van der Waals surface area contributed by atoms with E-state index in [-0.39, 0.29) is 17.4 Å². The van der Waals surface area contributed by atoms with E-state index in [2.05, 4.69) is 122 Å². The van der Waals surface area contributed by atoms with E-state index in [1.54, 1.807) is 18.5 Å². The predicted molar refractivity (Wildman–Crippen MR) is 345 cm³/mol. The van der Waals surface area contributed by atoms with E-state index < -0.39 is 40.7 Å². The van der Waals surface area contributed by atoms with Crippen LogP contribution in [-0.4, -0.2) is 45.4 Å². The highest BCUT2D eigenvalue weighted by Gasteiger charge is 2.39. The summed E-state index contributed by atoms with van der Waals surface area (Å²) in [7, 11) is 0. The highest BCUT2D eigenvalue weighted by molar-refractivity contribution is 9.11. The molecule has 2 aliphatic rings. The Morgan fingerprint density at radius 3 is 1.58 bits per heavy atom. The Kier molecular flexibility index (Phi) is 27.3. The quantitative estimate of drug-likeness (QED) is 0.0373. The van der Waals surface area contributed by atoms with E-state index in [9.17, 15) is 28.5 Å². The number of para-hydroxylation sites is 2. The second kappa shape index (κ2) is 32.5. The number of ether oxygens (including phenoxy) is 5. The number of H-pyrrole nitrogens is 1. The first-order valence-electron chi connectivity index (χ1n) is 24.4. The Bertz CT molecular complexity index is 3640. The molecule has 4 heterocycles. The van der Waals surface area contributed by atoms with Crippen LogP contribution < -0.4 is 21.2 Å². The number of halogens is 8. The number of hydrogen-bond acceptors (Lipinski definition) is 14. The number of pyridine rings is 2. The van der Waals surface area contributed by atoms with Gasteiger partial charge in [-0.15, -0.1) is 0 Å². The molecular formula is C59H55Br4Cl4N4O11P. The molecule has 2 aromatic heterocycles. The van der Waals surface area contributed by atoms with Gasteiger partial charge in [-0.2, -0.15) is 0 Å². The molecule has 4 N–H and O–H groups in total. The number of esters is 4. The molecule has 6 aromatic carbocycles. The van der Waals surface area contributed by atoms with E-state index in [1.807, 2.05) is 149 Å². The molecule has 2 aliphatic heterocycles. The second-order valence-electron chi connectivity index (χ2n) is 18.4. The first-order chi connectivity index (χ1) is 38.8. The summed E-state index contributed by atoms with van der Waals surface area (Å²) in [4.78, 5) is 63.3. The monoisotopic (exact) mass is 1480 g/mol. The fourth-order valence-corrected chi connectivity index (χ4v) is 8.14. The summed E-state index contributed by atoms with van der Waals surface area (Å²) >= 11 is 33.5. The highest BCUT2D eigenvalue weighted by Crippen LogP contribution is 2.61. The predicted octanol–water partition coefficient (Wildman–Crippen LogP) is 18.3. The van der Waals surface area contributed by atoms with Crippen LogP contribution in [0.5, 0.6) is 11.5 Å². The molecule has 8 aromatic rings. The number of nitrogens with two attached hydrogens (primary N) is 1. The number of aromatic amines is 1. The molecule has 2 fully saturated rings. The van der Waals surface area contributed by atoms with Crippen molar-refractivity contribution in [1.29, 1.82) is 0 Å². The molecular weight excluding hydrogens is 1430 g/mol. The van der Waals surface area contributed by atoms with Crippen molar-refractivity contribution in [2.75, 3.05) is 11.1 Å². The first kappa shape index (κ1) is 69.8. The van der Waals surface area contributed by atoms with E-state index in [0.29, 0.717) is 0 Å². The molecule has 0 saturated carbocycles. The maximum absolute atomic E-state index is 11.7. The third-order valence-electron chi connectivity index (χ3n) is 10.6. The summed E-state index contributed by atoms with van der Waals surface area (Å²) in [5.74, 6) is -3.02. The number of aryl methyl sites for hydroxylation is 4. The number of rotatable bonds is 4. The van der Waals surface area contributed by atoms with Crippen LogP contribution in [0.1, 0.15) is 56.4 Å². The number of aromatic nitrogens is 2. The SMILES string of the molecule is CC1(C)OC(=O)CC(=O)O1.Cc1cc(N)ccc1Br.Cc1cc(NC=C2C(=O)OC(C)(C)OC2=O)ccc1Br.Cc1cc2[nH]ccc(=O)c2cc1Br.Cc1cc2nccc(Cl)c2cc1Br.O=P(Cl)(Cl)Cl.c1ccc(Oc2ccccc2)cc1. The van der Waals surface area contributed by atoms with Crippen LogP contribution in [0.25, 0.3) is 21.8 Å². The van der Waals surface area contributed by atoms with Gasteiger partial charge >= 0.3 is 29.1 Å². The summed E-state index contributed by atoms with van der Waals surface area (Å²) in [6.07, 6.45) is 4.40. The minimum absolute atomic E-state index is 0.0504. The molecule has 2 saturated heterocycles. The summed E-state index contributed by atoms with van der Waals surface area (Å²) in [6.45, 7) is 14.0. The first-order valence-corrected chi connectivity index (χ1v) is 32.4. The highest BCUT2D eigenvalue weighted by atomic mass is 79.9. The Labute approximate surface area is 533 Å². The number of cyclic esters (lactones) is 4. The van der Waals surface area contributed by atoms with Gasteiger partial charge in [-0.05, 0) is 175 Å². The van der Waals surface area contributed by atoms with Gasteiger partial charge in [0.25, 0.3) is 11.6 Å². The Balaban J connectivity index is 0.000000214. The lowest BCUT2D eigenvalue weighted by molar-refractivity contribution is -0.231. The van der Waals surface area contributed by atoms with Crippen molar-refractivity contribution in [3.05, 3.63) is 213 Å². The van der Waals surface area contributed by atoms with Crippen LogP contribution in [0, 0.1) is 27.7 Å². The van der Waals surface area contributed by atoms with Gasteiger partial charge in [0.15, 0.2) is 11.0 Å². The number of carbonyl (C=O) groups is 4. The zero-order valence-electron chi connectivity index (χ0n) is 45.6. The fraction of sp³-hybridized carbons (Fsp3) is 0.186. The number of nitrogens with zero attached hydrogens (tertiary/aromatic N) is 1. The lowest BCUT2D eigenvalue weighted by Crippen LogP contribution is -2.42. The van der Waals surface area contributed by atoms with Crippen LogP contribution in [0.4, 0.5) is 11.4 Å². The van der Waals surface area contributed by atoms with E-state index >= 15 is 0 Å². The molecule has 0 atom stereocenters. The average molecular weight is 1490 g/mol. The molecule has 15 nitrogen and oxygen atoms in total. The number of benzene rings is 6. The van der Waals surface area contributed by atoms with Crippen molar-refractivity contribution in [3.8, 4) is 11.5 Å². The molecule has 0 unspecified atom stereocenters. The van der Waals surface area contributed by atoms with Gasteiger partial charge in [0.05, 0.1) is 10.5 Å². The van der Waals surface area contributed by atoms with E-state index in [0.717, 1.165) is 78.7 Å². The van der Waals surface area contributed by atoms with Gasteiger partial charge in [0.1, 0.15) is 17.9 Å². The van der Waals surface area contributed by atoms with Gasteiger partial charge in [-0.25, -0.2) is 9.59 Å². The molecule has 24 heteroatoms. The van der Waals surface area contributed by atoms with Gasteiger partial charge in [-0.3, -0.25) is 23.9 Å². The fourth-order valence-electron chi connectivity index (χ4n) is 6.75. The van der Waals surface area contributed by atoms with E-state index in [1.165, 1.54) is 51.1 Å². The maximum Gasteiger partial charge on any atom is 0.350 e. The van der Waals surface area contributed by atoms with Crippen molar-refractivity contribution in [1.82, 2.24) is 9.97 Å². The average Bonchev–Trinajstić information content (AvgIpc) is 3.50. The largest absolute Gasteiger partial charge is 0.457 e. The maximum atomic E-state index is 11.7. The molecule has 0 spiro atoms. The number of nitrogen functional groups attached to an aromatic ring is 1. The van der Waals surface area contributed by atoms with Gasteiger partial charge in [-0.1, -0.05) is 112 Å². The molecule has 438 valence electrons. The normalized spacial score (nSPS) is 13.6. The third-order valence-corrected chi connectivity index (χ3v) is 14.4. The smallest absolute Gasteiger partial charge is 0.350 e. The number of carbonyl (C=O) groups excluding carboxylic acids is 4. The number of nitrogens with one attached hydrogen (secondary N) is 2. The van der Waals surface area contributed by atoms with Crippen molar-refractivity contribution in [3.63, 3.8) is 0 Å². The molecule has 0 aliphatic carbocycles. The van der Waals surface area contributed by atoms with Crippen LogP contribution >= 0.6 is 114 Å². The van der Waals surface area contributed by atoms with Crippen molar-refractivity contribution in [2.24, 2.45) is 0 Å². The molecule has 0 amide bonds. The lowest BCUT2D eigenvalue weighted by Gasteiger charge is -2.29. The van der Waals surface area contributed by atoms with Crippen molar-refractivity contribution < 1.29 is 47.4 Å². The van der Waals surface area contributed by atoms with Gasteiger partial charge in [0.2, 0.25) is 0 Å². The zero-order valence-corrected chi connectivity index (χ0v) is 55.9. The molecule has 10 rings (SSSR count). The molecule has 0 bridgehead atoms. The summed E-state index contributed by atoms with van der Waals surface area (Å²) < 4.78 is 38.5. The lowest BCUT2D eigenvalue weighted by atomic mass is 10.1. The number of hydrogen-bond donors (Lipinski definition) is 3. The van der Waals surface area contributed by atoms with Crippen LogP contribution in [0.3, 0.4) is 0 Å². The summed E-state index contributed by atoms with van der Waals surface area (Å²) in [5.41, 5.74) is 13.3. The second-order valence-corrected chi connectivity index (χ2v) is 28.9. The molecule has 83 heavy (non-hydrogen) atoms. The van der Waals surface area contributed by atoms with Crippen LogP contribution in [-0.2, 0) is 42.7 Å². The topological polar surface area (TPSA) is 215 Å². The third kappa shape index (κ3) is 25.2. The van der Waals surface area contributed by atoms with Gasteiger partial charge in [0, 0.05) is 97.9 Å². The standard InChI is InChI=1S/C14H14BrNO4.C12H10O.C10H7BrClN.C10H8BrNO.C7H8BrN.C6H8O4.Cl3OP/c1-8-6-9(4-5-11(8)15)16-7-10-12(17)19-14(2,3)20-13(10)18;1-3-7-11(8-4-1)13-12-9-5-2-6-10-12;1-6-4-10-7(5-8(6)11)9(12)2-3-13-10;1-6-4-9-7(5-8(6)11)10(13)2-3-12-9;1-5-4-6(9)2-3-7(5)8;1-6(2)9-4(7)3-5(8)10-6;1-5(2,3)4/h4-7,16H,1-3H3;1-10H;2-5H,1H3;2-5H,1H3,(H,12,13);2-4H,9H2,1H3;3H2,1-2H3;. The van der Waals surface area contributed by atoms with Crippen LogP contribution in [0.15, 0.2) is 180 Å². The van der Waals surface area contributed by atoms with Crippen molar-refractivity contribution in [2.45, 2.75) is 73.4 Å². The Hall–Kier alpha value is -5.73. The Morgan fingerprint density at radius 2 is 1.08 bits per heavy atom. The Morgan fingerprint density at radius 1 is 0.614 bits per heavy atom. The number of fused-ring (bicyclic) bond motifs is 2. The van der Waals surface area contributed by atoms with Crippen LogP contribution in [0.2, 0.25) is 5.02 Å². The minimum Gasteiger partial charge on any atom is -0.457 e. The van der Waals surface area contributed by atoms with Crippen molar-refractivity contribution >= 4 is 171 Å². The molecule has 0 radical (unpaired) electrons. The summed E-state index contributed by atoms with van der Waals surface area (Å²) in [6, 6.07) is 42.0. The minimum atomic E-state index is -3.22. The van der Waals surface area contributed by atoms with Gasteiger partial charge < -0.3 is 39.7 Å². The van der Waals surface area contributed by atoms with E-state index in [4.69, 9.17) is 31.5 Å².